The number of aromatic nitrogens is 6. The molecule has 0 aliphatic rings. The number of carbonyl (C=O) groups is 8. The minimum absolute atomic E-state index is 0. The zero-order chi connectivity index (χ0) is 73.1. The molecule has 3 aromatic rings. The van der Waals surface area contributed by atoms with Gasteiger partial charge in [-0.1, -0.05) is 52.1 Å². The van der Waals surface area contributed by atoms with E-state index in [1.54, 1.807) is 34.6 Å². The maximum Gasteiger partial charge on any atom is 1.00 e. The summed E-state index contributed by atoms with van der Waals surface area (Å²) >= 11 is 17.4. The van der Waals surface area contributed by atoms with E-state index in [4.69, 9.17) is 66.9 Å². The molecule has 0 radical (unpaired) electrons. The fourth-order valence-corrected chi connectivity index (χ4v) is 3.93. The molecule has 0 spiro atoms. The fraction of sp³-hybridized carbons (Fsp3) is 0.644. The monoisotopic (exact) mass is 1530 g/mol. The van der Waals surface area contributed by atoms with Crippen molar-refractivity contribution in [3.63, 3.8) is 0 Å². The smallest absolute Gasteiger partial charge is 0.855 e. The van der Waals surface area contributed by atoms with E-state index in [9.17, 15) is 67.1 Å². The van der Waals surface area contributed by atoms with Gasteiger partial charge in [0.1, 0.15) is 49.6 Å². The Morgan fingerprint density at radius 2 is 0.667 bits per heavy atom. The topological polar surface area (TPSA) is 507 Å². The number of ketones is 8. The minimum atomic E-state index is -0.525. The third kappa shape index (κ3) is 145. The van der Waals surface area contributed by atoms with Crippen LogP contribution in [0.3, 0.4) is 0 Å². The van der Waals surface area contributed by atoms with E-state index in [0.717, 1.165) is 0 Å². The summed E-state index contributed by atoms with van der Waals surface area (Å²) in [7, 11) is 0. The Balaban J connectivity index is -0.0000000580. The number of aliphatic hydroxyl groups excluding tert-OH is 1. The Kier molecular flexibility index (Phi) is 136. The second-order valence-electron chi connectivity index (χ2n) is 16.0. The number of aliphatic hydroxyl groups is 1. The van der Waals surface area contributed by atoms with E-state index in [0.29, 0.717) is 62.1 Å². The van der Waals surface area contributed by atoms with Gasteiger partial charge in [0, 0.05) is 70.1 Å². The molecule has 0 saturated heterocycles. The summed E-state index contributed by atoms with van der Waals surface area (Å²) in [5.74, 6) is 0.137. The van der Waals surface area contributed by atoms with Gasteiger partial charge >= 0.3 is 76.2 Å². The van der Waals surface area contributed by atoms with Gasteiger partial charge in [-0.05, 0) is 102 Å². The summed E-state index contributed by atoms with van der Waals surface area (Å²) in [6.45, 7) is 29.4. The summed E-state index contributed by atoms with van der Waals surface area (Å²) in [6, 6.07) is 3.85. The molecule has 0 aromatic carbocycles. The van der Waals surface area contributed by atoms with Crippen LogP contribution in [0.2, 0.25) is 0 Å². The summed E-state index contributed by atoms with van der Waals surface area (Å²) < 4.78 is 29.1. The molecule has 0 aliphatic heterocycles. The number of H-pyrrole nitrogens is 6. The second kappa shape index (κ2) is 102. The Bertz CT molecular complexity index is 2450. The molecule has 0 saturated carbocycles. The van der Waals surface area contributed by atoms with Crippen molar-refractivity contribution < 1.29 is 141 Å². The first-order valence-electron chi connectivity index (χ1n) is 27.5. The molecule has 37 heteroatoms. The van der Waals surface area contributed by atoms with Crippen LogP contribution in [-0.2, 0) is 85.9 Å². The number of nitrogens with one attached hydrogen (secondary N) is 6. The molecule has 3 aromatic heterocycles. The van der Waals surface area contributed by atoms with Crippen molar-refractivity contribution in [1.29, 1.82) is 0 Å². The van der Waals surface area contributed by atoms with Gasteiger partial charge in [-0.15, -0.1) is 36.4 Å². The van der Waals surface area contributed by atoms with E-state index < -0.39 is 33.7 Å². The summed E-state index contributed by atoms with van der Waals surface area (Å²) in [5.41, 5.74) is 7.87. The van der Waals surface area contributed by atoms with Crippen LogP contribution < -0.4 is 115 Å². The van der Waals surface area contributed by atoms with Gasteiger partial charge in [0.2, 0.25) is 0 Å². The van der Waals surface area contributed by atoms with Gasteiger partial charge in [-0.25, -0.2) is 14.4 Å². The first-order valence-corrected chi connectivity index (χ1v) is 30.1. The second-order valence-corrected chi connectivity index (χ2v) is 17.6. The van der Waals surface area contributed by atoms with Crippen LogP contribution in [0, 0.1) is 0 Å². The van der Waals surface area contributed by atoms with Gasteiger partial charge in [0.25, 0.3) is 16.7 Å². The van der Waals surface area contributed by atoms with E-state index in [1.165, 1.54) is 59.7 Å². The van der Waals surface area contributed by atoms with Gasteiger partial charge in [0.15, 0.2) is 28.2 Å². The van der Waals surface area contributed by atoms with Gasteiger partial charge in [0.05, 0.1) is 54.5 Å². The summed E-state index contributed by atoms with van der Waals surface area (Å²) in [4.78, 5) is 159. The third-order valence-electron chi connectivity index (χ3n) is 6.74. The van der Waals surface area contributed by atoms with Crippen LogP contribution in [0.15, 0.2) is 47.0 Å². The predicted molar refractivity (Wildman–Crippen MR) is 372 cm³/mol. The molecule has 0 aliphatic carbocycles. The number of Topliss-reactive ketones (excluding diaryl/α,β-unsaturated/α-hetero) is 8. The molecule has 0 atom stereocenters. The molecular formula is C59H111BrCl2N8Na2O23S. The molecular weight excluding hydrogens is 1420 g/mol. The predicted octanol–water partition coefficient (Wildman–Crippen LogP) is -3.01. The van der Waals surface area contributed by atoms with Crippen molar-refractivity contribution in [1.82, 2.24) is 29.9 Å². The van der Waals surface area contributed by atoms with Crippen LogP contribution in [0.1, 0.15) is 156 Å². The number of nitrogens with two attached hydrogens (primary N) is 2. The van der Waals surface area contributed by atoms with Gasteiger partial charge in [-0.2, -0.15) is 0 Å². The average Bonchev–Trinajstić information content (AvgIpc) is 1.39. The van der Waals surface area contributed by atoms with Gasteiger partial charge < -0.3 is 70.2 Å². The zero-order valence-corrected chi connectivity index (χ0v) is 64.9. The number of hydrogen-bond donors (Lipinski definition) is 9. The number of halogens is 3. The van der Waals surface area contributed by atoms with E-state index in [1.807, 2.05) is 32.7 Å². The van der Waals surface area contributed by atoms with Crippen LogP contribution >= 0.6 is 51.3 Å². The molecule has 11 N–H and O–H groups in total. The number of carbonyl (C=O) groups excluding carboxylic acids is 8. The minimum Gasteiger partial charge on any atom is -0.855 e. The SMILES string of the molecule is C.C.C.CC(=O)CBr.CC(=O)CCl.CCO.CCOCC(=O)CC(C)=O.CCOCC(=O)CC(C)=O.CCOCC(C)=O.CCOCC(C)=O.CCOCc1cc(=O)[nH]c(=O)[nH]1.CCOCc1cc(=O)[nH]c(=O)[nH]1.CC[O-].CC[O-].NC(N)=S.O=c1cc(CCl)[nH]c(=O)[nH]1.[Na+].[Na+]. The Hall–Kier alpha value is -4.21. The van der Waals surface area contributed by atoms with E-state index >= 15 is 0 Å². The quantitative estimate of drug-likeness (QED) is 0.0177. The van der Waals surface area contributed by atoms with Crippen molar-refractivity contribution in [3.8, 4) is 0 Å². The number of aromatic amines is 6. The molecule has 0 bridgehead atoms. The van der Waals surface area contributed by atoms with Crippen molar-refractivity contribution >= 4 is 103 Å². The Labute approximate surface area is 633 Å². The number of rotatable bonds is 25. The first-order chi connectivity index (χ1) is 42.5. The summed E-state index contributed by atoms with van der Waals surface area (Å²) in [6.07, 6.45) is -0.000000000000000444. The van der Waals surface area contributed by atoms with Crippen LogP contribution in [0.5, 0.6) is 0 Å². The first kappa shape index (κ1) is 128. The van der Waals surface area contributed by atoms with Crippen LogP contribution in [0.25, 0.3) is 0 Å². The Morgan fingerprint density at radius 3 is 0.823 bits per heavy atom. The molecule has 554 valence electrons. The number of alkyl halides is 3. The van der Waals surface area contributed by atoms with Crippen molar-refractivity contribution in [2.75, 3.05) is 97.1 Å². The maximum absolute atomic E-state index is 10.7. The van der Waals surface area contributed by atoms with E-state index in [-0.39, 0.29) is 217 Å². The van der Waals surface area contributed by atoms with Crippen LogP contribution in [-0.4, -0.2) is 183 Å². The number of hydrogen-bond acceptors (Lipinski definition) is 24. The fourth-order valence-electron chi connectivity index (χ4n) is 3.79. The number of thiocarbonyl (C=S) groups is 1. The number of ether oxygens (including phenoxy) is 6. The Morgan fingerprint density at radius 1 is 0.458 bits per heavy atom. The van der Waals surface area contributed by atoms with Crippen LogP contribution in [0.4, 0.5) is 0 Å². The van der Waals surface area contributed by atoms with Crippen molar-refractivity contribution in [3.05, 3.63) is 97.8 Å². The van der Waals surface area contributed by atoms with Crippen molar-refractivity contribution in [2.24, 2.45) is 11.5 Å². The van der Waals surface area contributed by atoms with Gasteiger partial charge in [-0.3, -0.25) is 67.7 Å². The standard InChI is InChI=1S/2C7H10N2O3.2C7H12O3.C5H5ClN2O2.2C5H10O2.C3H5BrO.C3H5ClO.C2H6O.2C2H5O.CH4N2S.3CH4.2Na/c2*1-2-12-4-5-3-6(10)9-7(11)8-5;2*1-3-10-5-7(9)4-6(2)8;6-2-3-1-4(9)8-5(10)7-3;2*1-3-7-4-5(2)6;2*1-3(5)2-4;3*1-2-3;2-1(3)4;;;;;/h2*3H,2,4H2,1H3,(H2,8,9,10,11);2*3-5H2,1-2H3;1H,2H2,(H2,7,8,9,10);2*3-4H2,1-2H3;2*2H2,1H3;3H,2H2,1H3;2*2H2,1H3;(H4,2,3,4);3*1H4;;/q;;;;;;;;;;2*-1;;;;;2*+1. The normalized spacial score (nSPS) is 8.39. The molecule has 31 nitrogen and oxygen atoms in total. The summed E-state index contributed by atoms with van der Waals surface area (Å²) in [5, 5.41) is 25.9. The van der Waals surface area contributed by atoms with E-state index in [2.05, 4.69) is 64.5 Å². The zero-order valence-electron chi connectivity index (χ0n) is 57.0. The largest absolute Gasteiger partial charge is 1.00 e. The molecule has 0 amide bonds. The third-order valence-corrected chi connectivity index (χ3v) is 8.19. The average molecular weight is 1530 g/mol. The maximum atomic E-state index is 10.7. The molecule has 0 fully saturated rings. The van der Waals surface area contributed by atoms with Crippen molar-refractivity contribution in [2.45, 2.75) is 158 Å². The molecule has 3 heterocycles. The molecule has 3 rings (SSSR count). The molecule has 96 heavy (non-hydrogen) atoms. The molecule has 0 unspecified atom stereocenters.